The fourth-order valence-electron chi connectivity index (χ4n) is 3.66. The summed E-state index contributed by atoms with van der Waals surface area (Å²) in [4.78, 5) is 12.8. The van der Waals surface area contributed by atoms with Crippen molar-refractivity contribution in [3.05, 3.63) is 95.6 Å². The lowest BCUT2D eigenvalue weighted by Gasteiger charge is -2.14. The first-order valence-corrected chi connectivity index (χ1v) is 10.7. The highest BCUT2D eigenvalue weighted by atomic mass is 19.4. The topological polar surface area (TPSA) is 72.9 Å². The molecule has 0 fully saturated rings. The fraction of sp³-hybridized carbons (Fsp3) is 0.154. The Bertz CT molecular complexity index is 1320. The largest absolute Gasteiger partial charge is 0.416 e. The smallest absolute Gasteiger partial charge is 0.384 e. The van der Waals surface area contributed by atoms with Crippen molar-refractivity contribution in [2.45, 2.75) is 25.9 Å². The van der Waals surface area contributed by atoms with E-state index >= 15 is 0 Å². The number of nitrogens with two attached hydrogens (primary N) is 1. The van der Waals surface area contributed by atoms with Crippen molar-refractivity contribution >= 4 is 17.4 Å². The lowest BCUT2D eigenvalue weighted by atomic mass is 10.0. The molecule has 0 atom stereocenters. The average molecular weight is 464 g/mol. The molecule has 0 spiro atoms. The van der Waals surface area contributed by atoms with Gasteiger partial charge in [0, 0.05) is 22.9 Å². The van der Waals surface area contributed by atoms with Crippen molar-refractivity contribution in [3.63, 3.8) is 0 Å². The highest BCUT2D eigenvalue weighted by molar-refractivity contribution is 6.04. The van der Waals surface area contributed by atoms with Crippen LogP contribution in [-0.2, 0) is 6.18 Å². The Balaban J connectivity index is 1.56. The molecule has 0 radical (unpaired) electrons. The number of nitrogen functional groups attached to an aromatic ring is 1. The minimum Gasteiger partial charge on any atom is -0.384 e. The molecule has 0 aliphatic rings. The van der Waals surface area contributed by atoms with Crippen LogP contribution in [0.3, 0.4) is 0 Å². The number of hydrogen-bond donors (Lipinski definition) is 2. The second kappa shape index (κ2) is 9.05. The molecule has 5 nitrogen and oxygen atoms in total. The van der Waals surface area contributed by atoms with E-state index in [0.29, 0.717) is 22.5 Å². The molecule has 1 amide bonds. The summed E-state index contributed by atoms with van der Waals surface area (Å²) in [6, 6.07) is 20.7. The second-order valence-corrected chi connectivity index (χ2v) is 8.19. The normalized spacial score (nSPS) is 11.6. The average Bonchev–Trinajstić information content (AvgIpc) is 3.20. The minimum absolute atomic E-state index is 0.252. The van der Waals surface area contributed by atoms with E-state index in [1.165, 1.54) is 16.8 Å². The van der Waals surface area contributed by atoms with Gasteiger partial charge in [0.1, 0.15) is 5.82 Å². The van der Waals surface area contributed by atoms with Gasteiger partial charge in [0.2, 0.25) is 0 Å². The number of carbonyl (C=O) groups excluding carboxylic acids is 1. The molecule has 1 aromatic heterocycles. The molecule has 1 heterocycles. The van der Waals surface area contributed by atoms with E-state index in [-0.39, 0.29) is 17.6 Å². The summed E-state index contributed by atoms with van der Waals surface area (Å²) in [5.74, 6) is 0.265. The van der Waals surface area contributed by atoms with Gasteiger partial charge in [-0.3, -0.25) is 4.79 Å². The Kier molecular flexibility index (Phi) is 6.15. The molecule has 0 unspecified atom stereocenters. The van der Waals surface area contributed by atoms with Crippen LogP contribution in [0.25, 0.3) is 16.9 Å². The van der Waals surface area contributed by atoms with Crippen LogP contribution in [0.4, 0.5) is 24.7 Å². The Morgan fingerprint density at radius 3 is 2.35 bits per heavy atom. The van der Waals surface area contributed by atoms with Gasteiger partial charge in [0.15, 0.2) is 0 Å². The predicted molar refractivity (Wildman–Crippen MR) is 127 cm³/mol. The van der Waals surface area contributed by atoms with Crippen LogP contribution in [0.2, 0.25) is 0 Å². The maximum atomic E-state index is 13.1. The van der Waals surface area contributed by atoms with Crippen molar-refractivity contribution in [3.8, 4) is 16.9 Å². The summed E-state index contributed by atoms with van der Waals surface area (Å²) in [5, 5.41) is 7.31. The monoisotopic (exact) mass is 464 g/mol. The van der Waals surface area contributed by atoms with Gasteiger partial charge in [-0.05, 0) is 53.9 Å². The van der Waals surface area contributed by atoms with Gasteiger partial charge in [-0.2, -0.15) is 18.3 Å². The van der Waals surface area contributed by atoms with Crippen molar-refractivity contribution in [2.24, 2.45) is 0 Å². The van der Waals surface area contributed by atoms with Crippen LogP contribution >= 0.6 is 0 Å². The first kappa shape index (κ1) is 23.1. The first-order valence-electron chi connectivity index (χ1n) is 10.7. The van der Waals surface area contributed by atoms with E-state index in [4.69, 9.17) is 5.73 Å². The van der Waals surface area contributed by atoms with Gasteiger partial charge >= 0.3 is 6.18 Å². The predicted octanol–water partition coefficient (Wildman–Crippen LogP) is 6.52. The Morgan fingerprint density at radius 2 is 1.68 bits per heavy atom. The van der Waals surface area contributed by atoms with E-state index in [9.17, 15) is 18.0 Å². The number of para-hydroxylation sites is 1. The Labute approximate surface area is 195 Å². The maximum absolute atomic E-state index is 13.1. The van der Waals surface area contributed by atoms with Gasteiger partial charge in [0.25, 0.3) is 5.91 Å². The Hall–Kier alpha value is -4.07. The fourth-order valence-corrected chi connectivity index (χ4v) is 3.66. The van der Waals surface area contributed by atoms with E-state index in [1.807, 2.05) is 24.3 Å². The van der Waals surface area contributed by atoms with Crippen LogP contribution in [-0.4, -0.2) is 15.7 Å². The highest BCUT2D eigenvalue weighted by Gasteiger charge is 2.30. The molecular weight excluding hydrogens is 441 g/mol. The zero-order valence-electron chi connectivity index (χ0n) is 18.6. The number of anilines is 2. The standard InChI is InChI=1S/C26H23F3N4O/c1-16(2)21-8-3-4-9-22(21)31-25(34)17-10-12-20(13-11-17)33-24(30)15-23(32-33)18-6-5-7-19(14-18)26(27,28)29/h3-16H,30H2,1-2H3,(H,31,34). The van der Waals surface area contributed by atoms with Crippen molar-refractivity contribution in [1.29, 1.82) is 0 Å². The van der Waals surface area contributed by atoms with Crippen LogP contribution in [0, 0.1) is 0 Å². The number of nitrogens with zero attached hydrogens (tertiary/aromatic N) is 2. The quantitative estimate of drug-likeness (QED) is 0.353. The number of carbonyl (C=O) groups is 1. The summed E-state index contributed by atoms with van der Waals surface area (Å²) in [6.07, 6.45) is -4.45. The zero-order valence-corrected chi connectivity index (χ0v) is 18.6. The van der Waals surface area contributed by atoms with Gasteiger partial charge in [-0.15, -0.1) is 0 Å². The number of amides is 1. The number of halogens is 3. The van der Waals surface area contributed by atoms with Crippen LogP contribution in [0.5, 0.6) is 0 Å². The SMILES string of the molecule is CC(C)c1ccccc1NC(=O)c1ccc(-n2nc(-c3cccc(C(F)(F)F)c3)cc2N)cc1. The second-order valence-electron chi connectivity index (χ2n) is 8.19. The molecular formula is C26H23F3N4O. The lowest BCUT2D eigenvalue weighted by Crippen LogP contribution is -2.14. The van der Waals surface area contributed by atoms with E-state index in [1.54, 1.807) is 30.3 Å². The Morgan fingerprint density at radius 1 is 0.971 bits per heavy atom. The molecule has 8 heteroatoms. The van der Waals surface area contributed by atoms with E-state index in [0.717, 1.165) is 23.4 Å². The molecule has 4 rings (SSSR count). The number of benzene rings is 3. The molecule has 174 valence electrons. The number of aromatic nitrogens is 2. The van der Waals surface area contributed by atoms with Crippen molar-refractivity contribution in [1.82, 2.24) is 9.78 Å². The van der Waals surface area contributed by atoms with E-state index in [2.05, 4.69) is 24.3 Å². The summed E-state index contributed by atoms with van der Waals surface area (Å²) in [6.45, 7) is 4.11. The summed E-state index contributed by atoms with van der Waals surface area (Å²) >= 11 is 0. The molecule has 4 aromatic rings. The van der Waals surface area contributed by atoms with Crippen molar-refractivity contribution in [2.75, 3.05) is 11.1 Å². The van der Waals surface area contributed by atoms with Gasteiger partial charge < -0.3 is 11.1 Å². The molecule has 0 saturated carbocycles. The first-order chi connectivity index (χ1) is 16.1. The van der Waals surface area contributed by atoms with Gasteiger partial charge in [-0.25, -0.2) is 4.68 Å². The molecule has 3 aromatic carbocycles. The zero-order chi connectivity index (χ0) is 24.5. The summed E-state index contributed by atoms with van der Waals surface area (Å²) in [7, 11) is 0. The van der Waals surface area contributed by atoms with E-state index < -0.39 is 11.7 Å². The molecule has 0 bridgehead atoms. The third kappa shape index (κ3) is 4.80. The third-order valence-corrected chi connectivity index (χ3v) is 5.43. The maximum Gasteiger partial charge on any atom is 0.416 e. The molecule has 0 saturated heterocycles. The summed E-state index contributed by atoms with van der Waals surface area (Å²) in [5.41, 5.74) is 8.77. The van der Waals surface area contributed by atoms with Gasteiger partial charge in [0.05, 0.1) is 16.9 Å². The molecule has 0 aliphatic heterocycles. The number of rotatable bonds is 5. The number of nitrogens with one attached hydrogen (secondary N) is 1. The lowest BCUT2D eigenvalue weighted by molar-refractivity contribution is -0.137. The number of hydrogen-bond acceptors (Lipinski definition) is 3. The minimum atomic E-state index is -4.45. The molecule has 3 N–H and O–H groups in total. The highest BCUT2D eigenvalue weighted by Crippen LogP contribution is 2.32. The third-order valence-electron chi connectivity index (χ3n) is 5.43. The van der Waals surface area contributed by atoms with Crippen molar-refractivity contribution < 1.29 is 18.0 Å². The number of alkyl halides is 3. The van der Waals surface area contributed by atoms with Gasteiger partial charge in [-0.1, -0.05) is 44.2 Å². The molecule has 0 aliphatic carbocycles. The van der Waals surface area contributed by atoms with Crippen LogP contribution < -0.4 is 11.1 Å². The van der Waals surface area contributed by atoms with Crippen LogP contribution in [0.15, 0.2) is 78.9 Å². The summed E-state index contributed by atoms with van der Waals surface area (Å²) < 4.78 is 40.6. The molecule has 34 heavy (non-hydrogen) atoms. The van der Waals surface area contributed by atoms with Crippen LogP contribution in [0.1, 0.15) is 41.3 Å².